The highest BCUT2D eigenvalue weighted by Crippen LogP contribution is 2.48. The Labute approximate surface area is 435 Å². The van der Waals surface area contributed by atoms with Crippen molar-refractivity contribution in [1.29, 1.82) is 0 Å². The molecule has 3 heterocycles. The number of unbranched alkanes of at least 4 members (excludes halogenated alkanes) is 18. The van der Waals surface area contributed by atoms with E-state index in [-0.39, 0.29) is 0 Å². The summed E-state index contributed by atoms with van der Waals surface area (Å²) >= 11 is 6.08. The van der Waals surface area contributed by atoms with Gasteiger partial charge in [0.2, 0.25) is 0 Å². The van der Waals surface area contributed by atoms with Crippen molar-refractivity contribution >= 4 is 98.6 Å². The van der Waals surface area contributed by atoms with E-state index >= 15 is 0 Å². The largest absolute Gasteiger partial charge is 0.139 e. The van der Waals surface area contributed by atoms with Crippen LogP contribution in [0.2, 0.25) is 0 Å². The molecule has 0 aliphatic carbocycles. The van der Waals surface area contributed by atoms with E-state index in [1.807, 2.05) is 22.7 Å². The lowest BCUT2D eigenvalue weighted by Crippen LogP contribution is -1.89. The lowest BCUT2D eigenvalue weighted by molar-refractivity contribution is 0.556. The fourth-order valence-electron chi connectivity index (χ4n) is 11.9. The maximum absolute atomic E-state index is 2.58. The van der Waals surface area contributed by atoms with Gasteiger partial charge in [-0.3, -0.25) is 0 Å². The Balaban J connectivity index is 0.883. The number of thiophene rings is 3. The van der Waals surface area contributed by atoms with Crippen LogP contribution in [0.1, 0.15) is 153 Å². The third-order valence-electron chi connectivity index (χ3n) is 15.8. The zero-order chi connectivity index (χ0) is 47.9. The molecule has 0 amide bonds. The first kappa shape index (κ1) is 48.2. The van der Waals surface area contributed by atoms with Gasteiger partial charge in [0.05, 0.1) is 0 Å². The third-order valence-corrected chi connectivity index (χ3v) is 19.7. The Hall–Kier alpha value is -5.06. The van der Waals surface area contributed by atoms with Gasteiger partial charge in [0.1, 0.15) is 0 Å². The number of rotatable bonds is 26. The first-order chi connectivity index (χ1) is 35.1. The van der Waals surface area contributed by atoms with Crippen molar-refractivity contribution in [2.75, 3.05) is 0 Å². The molecule has 0 bridgehead atoms. The van der Waals surface area contributed by atoms with Crippen molar-refractivity contribution in [2.24, 2.45) is 0 Å². The van der Waals surface area contributed by atoms with Crippen LogP contribution in [0.15, 0.2) is 133 Å². The maximum atomic E-state index is 2.58. The Bertz CT molecular complexity index is 3120. The second-order valence-corrected chi connectivity index (χ2v) is 24.2. The third kappa shape index (κ3) is 10.6. The van der Waals surface area contributed by atoms with E-state index in [9.17, 15) is 0 Å². The Kier molecular flexibility index (Phi) is 15.5. The molecule has 3 heteroatoms. The second kappa shape index (κ2) is 22.8. The van der Waals surface area contributed by atoms with Crippen LogP contribution in [0.5, 0.6) is 0 Å². The molecule has 0 atom stereocenters. The monoisotopic (exact) mass is 984 g/mol. The van der Waals surface area contributed by atoms with Crippen LogP contribution >= 0.6 is 34.0 Å². The summed E-state index contributed by atoms with van der Waals surface area (Å²) in [4.78, 5) is 8.63. The summed E-state index contributed by atoms with van der Waals surface area (Å²) in [6.07, 6.45) is 29.6. The van der Waals surface area contributed by atoms with Crippen LogP contribution in [0, 0.1) is 0 Å². The highest BCUT2D eigenvalue weighted by Gasteiger charge is 2.20. The molecule has 8 aromatic carbocycles. The number of hydrogen-bond acceptors (Lipinski definition) is 3. The molecule has 0 radical (unpaired) electrons. The van der Waals surface area contributed by atoms with Gasteiger partial charge in [-0.2, -0.15) is 0 Å². The summed E-state index contributed by atoms with van der Waals surface area (Å²) in [5.74, 6) is 0. The van der Waals surface area contributed by atoms with E-state index in [1.165, 1.54) is 240 Å². The molecule has 0 aliphatic heterocycles. The van der Waals surface area contributed by atoms with Crippen molar-refractivity contribution < 1.29 is 0 Å². The van der Waals surface area contributed by atoms with Crippen LogP contribution < -0.4 is 0 Å². The Morgan fingerprint density at radius 2 is 0.676 bits per heavy atom. The van der Waals surface area contributed by atoms with Gasteiger partial charge in [-0.1, -0.05) is 214 Å². The molecule has 362 valence electrons. The average Bonchev–Trinajstić information content (AvgIpc) is 4.18. The summed E-state index contributed by atoms with van der Waals surface area (Å²) in [6.45, 7) is 4.63. The first-order valence-electron chi connectivity index (χ1n) is 27.9. The van der Waals surface area contributed by atoms with Crippen LogP contribution in [-0.2, 0) is 12.8 Å². The molecule has 71 heavy (non-hydrogen) atoms. The van der Waals surface area contributed by atoms with Gasteiger partial charge < -0.3 is 0 Å². The highest BCUT2D eigenvalue weighted by molar-refractivity contribution is 7.27. The summed E-state index contributed by atoms with van der Waals surface area (Å²) in [5, 5.41) is 16.4. The minimum atomic E-state index is 1.14. The van der Waals surface area contributed by atoms with Crippen molar-refractivity contribution in [3.05, 3.63) is 144 Å². The summed E-state index contributed by atoms with van der Waals surface area (Å²) in [6, 6.07) is 52.1. The van der Waals surface area contributed by atoms with Gasteiger partial charge in [0.15, 0.2) is 0 Å². The normalized spacial score (nSPS) is 12.2. The van der Waals surface area contributed by atoms with E-state index < -0.39 is 0 Å². The van der Waals surface area contributed by atoms with Crippen LogP contribution in [0.3, 0.4) is 0 Å². The molecule has 3 aromatic heterocycles. The molecule has 11 rings (SSSR count). The van der Waals surface area contributed by atoms with Crippen LogP contribution in [0.25, 0.3) is 106 Å². The molecular formula is C68H72S3. The molecule has 0 unspecified atom stereocenters. The fraction of sp³-hybridized carbons (Fsp3) is 0.353. The fourth-order valence-corrected chi connectivity index (χ4v) is 15.5. The minimum Gasteiger partial charge on any atom is -0.139 e. The van der Waals surface area contributed by atoms with Gasteiger partial charge in [-0.15, -0.1) is 34.0 Å². The highest BCUT2D eigenvalue weighted by atomic mass is 32.1. The molecule has 0 saturated heterocycles. The number of hydrogen-bond donors (Lipinski definition) is 0. The lowest BCUT2D eigenvalue weighted by Gasteiger charge is -2.13. The van der Waals surface area contributed by atoms with Gasteiger partial charge in [-0.25, -0.2) is 0 Å². The van der Waals surface area contributed by atoms with E-state index in [0.29, 0.717) is 0 Å². The van der Waals surface area contributed by atoms with Gasteiger partial charge >= 0.3 is 0 Å². The quantitative estimate of drug-likeness (QED) is 0.0375. The number of aryl methyl sites for hydroxylation is 2. The van der Waals surface area contributed by atoms with Crippen molar-refractivity contribution in [3.8, 4) is 41.1 Å². The van der Waals surface area contributed by atoms with Gasteiger partial charge in [0.25, 0.3) is 0 Å². The molecule has 0 N–H and O–H groups in total. The summed E-state index contributed by atoms with van der Waals surface area (Å²) < 4.78 is 0. The van der Waals surface area contributed by atoms with Crippen molar-refractivity contribution in [2.45, 2.75) is 155 Å². The molecule has 0 aliphatic rings. The SMILES string of the molecule is CCCCCCCCCCCCc1cc(-c2ccc(-c3cc(-c4cc5ccc6cccc7ccc(c4)c5c67)c(CCCCCCCCCCCC)s3)s2)sc1-c1cc2ccc3cccc4ccc(c1)c2c34. The topological polar surface area (TPSA) is 0 Å². The van der Waals surface area contributed by atoms with E-state index in [4.69, 9.17) is 0 Å². The first-order valence-corrected chi connectivity index (χ1v) is 30.3. The number of benzene rings is 8. The van der Waals surface area contributed by atoms with Crippen LogP contribution in [0.4, 0.5) is 0 Å². The van der Waals surface area contributed by atoms with Crippen molar-refractivity contribution in [1.82, 2.24) is 0 Å². The van der Waals surface area contributed by atoms with Gasteiger partial charge in [0, 0.05) is 29.3 Å². The predicted molar refractivity (Wildman–Crippen MR) is 320 cm³/mol. The smallest absolute Gasteiger partial charge is 0.0452 e. The average molecular weight is 986 g/mol. The zero-order valence-corrected chi connectivity index (χ0v) is 44.9. The molecule has 11 aromatic rings. The minimum absolute atomic E-state index is 1.14. The Morgan fingerprint density at radius 1 is 0.296 bits per heavy atom. The Morgan fingerprint density at radius 3 is 1.14 bits per heavy atom. The van der Waals surface area contributed by atoms with E-state index in [2.05, 4.69) is 159 Å². The van der Waals surface area contributed by atoms with Crippen LogP contribution in [-0.4, -0.2) is 0 Å². The van der Waals surface area contributed by atoms with E-state index in [1.54, 1.807) is 4.88 Å². The molecular weight excluding hydrogens is 913 g/mol. The lowest BCUT2D eigenvalue weighted by atomic mass is 9.91. The summed E-state index contributed by atoms with van der Waals surface area (Å²) in [7, 11) is 0. The second-order valence-electron chi connectivity index (χ2n) is 21.0. The zero-order valence-electron chi connectivity index (χ0n) is 42.5. The predicted octanol–water partition coefficient (Wildman–Crippen LogP) is 23.3. The molecule has 0 nitrogen and oxygen atoms in total. The molecule has 0 spiro atoms. The van der Waals surface area contributed by atoms with Gasteiger partial charge in [-0.05, 0) is 161 Å². The molecule has 0 fully saturated rings. The molecule has 0 saturated carbocycles. The summed E-state index contributed by atoms with van der Waals surface area (Å²) in [5.41, 5.74) is 5.70. The maximum Gasteiger partial charge on any atom is 0.0452 e. The van der Waals surface area contributed by atoms with E-state index in [0.717, 1.165) is 12.8 Å². The standard InChI is InChI=1S/C68H72S3/c1-3-5-7-9-11-13-15-17-19-21-25-55-45-62(71-68(55)57-43-53-37-33-49-28-24-29-50-34-38-54(44-57)67(53)65(49)50)60-39-40-61(70-60)63-46-58(59(69-63)30-22-20-18-16-14-12-10-8-6-4-2)56-41-51-35-31-47-26-23-27-48-32-36-52(42-56)66(51)64(47)48/h23-24,26-29,31-46H,3-22,25,30H2,1-2H3. The van der Waals surface area contributed by atoms with Crippen molar-refractivity contribution in [3.63, 3.8) is 0 Å².